The molecule has 0 amide bonds. The van der Waals surface area contributed by atoms with Crippen LogP contribution < -0.4 is 0 Å². The first-order valence-corrected chi connectivity index (χ1v) is 9.63. The van der Waals surface area contributed by atoms with Crippen LogP contribution in [0, 0.1) is 11.3 Å². The van der Waals surface area contributed by atoms with E-state index in [1.165, 1.54) is 70.1 Å². The lowest BCUT2D eigenvalue weighted by atomic mass is 10.0. The van der Waals surface area contributed by atoms with Crippen molar-refractivity contribution in [2.75, 3.05) is 6.61 Å². The molecule has 0 fully saturated rings. The third-order valence-corrected chi connectivity index (χ3v) is 3.95. The average Bonchev–Trinajstić information content (AvgIpc) is 2.58. The van der Waals surface area contributed by atoms with E-state index < -0.39 is 12.1 Å². The van der Waals surface area contributed by atoms with E-state index in [1.54, 1.807) is 6.92 Å². The molecule has 0 heterocycles. The predicted molar refractivity (Wildman–Crippen MR) is 97.3 cm³/mol. The molecule has 4 nitrogen and oxygen atoms in total. The van der Waals surface area contributed by atoms with Gasteiger partial charge in [0.25, 0.3) is 0 Å². The number of nitrogens with zero attached hydrogens (tertiary/aromatic N) is 1. The lowest BCUT2D eigenvalue weighted by molar-refractivity contribution is -0.137. The largest absolute Gasteiger partial charge is 0.483 e. The molecule has 0 bridgehead atoms. The Morgan fingerprint density at radius 2 is 1.50 bits per heavy atom. The van der Waals surface area contributed by atoms with E-state index in [1.807, 2.05) is 0 Å². The van der Waals surface area contributed by atoms with E-state index in [4.69, 9.17) is 14.7 Å². The van der Waals surface area contributed by atoms with E-state index in [-0.39, 0.29) is 0 Å². The van der Waals surface area contributed by atoms with Crippen molar-refractivity contribution in [2.45, 2.75) is 97.0 Å². The van der Waals surface area contributed by atoms with Gasteiger partial charge in [-0.1, -0.05) is 71.1 Å². The van der Waals surface area contributed by atoms with Crippen molar-refractivity contribution in [3.05, 3.63) is 12.3 Å². The van der Waals surface area contributed by atoms with Gasteiger partial charge in [-0.3, -0.25) is 0 Å². The summed E-state index contributed by atoms with van der Waals surface area (Å²) < 4.78 is 10.00. The van der Waals surface area contributed by atoms with E-state index in [0.29, 0.717) is 13.0 Å². The van der Waals surface area contributed by atoms with Gasteiger partial charge in [0.05, 0.1) is 18.9 Å². The Hall–Kier alpha value is -1.50. The zero-order chi connectivity index (χ0) is 17.9. The van der Waals surface area contributed by atoms with Crippen LogP contribution in [0.4, 0.5) is 0 Å². The summed E-state index contributed by atoms with van der Waals surface area (Å²) in [7, 11) is 0. The van der Waals surface area contributed by atoms with Crippen molar-refractivity contribution < 1.29 is 14.3 Å². The third-order valence-electron chi connectivity index (χ3n) is 3.95. The standard InChI is InChI=1S/C20H35NO3/c1-3-5-6-7-8-9-10-11-12-13-14-15-19(18-21)24-17-16-20(22)23-4-2/h16-17,19H,3-15H2,1-2H3/b17-16+. The number of rotatable bonds is 16. The lowest BCUT2D eigenvalue weighted by Gasteiger charge is -2.08. The maximum atomic E-state index is 11.1. The van der Waals surface area contributed by atoms with Crippen molar-refractivity contribution in [1.29, 1.82) is 5.26 Å². The van der Waals surface area contributed by atoms with Gasteiger partial charge in [-0.05, 0) is 19.8 Å². The number of unbranched alkanes of at least 4 members (excludes halogenated alkanes) is 10. The van der Waals surface area contributed by atoms with Crippen LogP contribution in [-0.2, 0) is 14.3 Å². The number of hydrogen-bond acceptors (Lipinski definition) is 4. The minimum absolute atomic E-state index is 0.337. The summed E-state index contributed by atoms with van der Waals surface area (Å²) in [5, 5.41) is 9.03. The number of esters is 1. The molecule has 0 aliphatic carbocycles. The van der Waals surface area contributed by atoms with Crippen molar-refractivity contribution in [2.24, 2.45) is 0 Å². The van der Waals surface area contributed by atoms with E-state index >= 15 is 0 Å². The highest BCUT2D eigenvalue weighted by atomic mass is 16.5. The summed E-state index contributed by atoms with van der Waals surface area (Å²) >= 11 is 0. The van der Waals surface area contributed by atoms with Crippen LogP contribution in [-0.4, -0.2) is 18.7 Å². The zero-order valence-electron chi connectivity index (χ0n) is 15.6. The average molecular weight is 338 g/mol. The Labute approximate surface area is 148 Å². The summed E-state index contributed by atoms with van der Waals surface area (Å²) in [6.45, 7) is 4.33. The van der Waals surface area contributed by atoms with Crippen LogP contribution in [0.1, 0.15) is 90.9 Å². The quantitative estimate of drug-likeness (QED) is 0.157. The molecule has 24 heavy (non-hydrogen) atoms. The zero-order valence-corrected chi connectivity index (χ0v) is 15.6. The fourth-order valence-corrected chi connectivity index (χ4v) is 2.54. The minimum atomic E-state index is -0.478. The fraction of sp³-hybridized carbons (Fsp3) is 0.800. The summed E-state index contributed by atoms with van der Waals surface area (Å²) in [4.78, 5) is 11.1. The van der Waals surface area contributed by atoms with Crippen LogP contribution in [0.5, 0.6) is 0 Å². The molecule has 0 aliphatic rings. The number of carbonyl (C=O) groups is 1. The Morgan fingerprint density at radius 1 is 0.958 bits per heavy atom. The second-order valence-electron chi connectivity index (χ2n) is 6.13. The van der Waals surface area contributed by atoms with Crippen LogP contribution in [0.2, 0.25) is 0 Å². The fourth-order valence-electron chi connectivity index (χ4n) is 2.54. The molecular weight excluding hydrogens is 302 g/mol. The Bertz CT molecular complexity index is 360. The SMILES string of the molecule is CCCCCCCCCCCCCC(C#N)O/C=C/C(=O)OCC. The van der Waals surface area contributed by atoms with Crippen molar-refractivity contribution in [3.63, 3.8) is 0 Å². The molecule has 0 aromatic rings. The second-order valence-corrected chi connectivity index (χ2v) is 6.13. The van der Waals surface area contributed by atoms with Crippen molar-refractivity contribution in [1.82, 2.24) is 0 Å². The highest BCUT2D eigenvalue weighted by Gasteiger charge is 2.06. The highest BCUT2D eigenvalue weighted by molar-refractivity contribution is 5.81. The molecule has 1 atom stereocenters. The molecule has 0 saturated heterocycles. The molecule has 138 valence electrons. The van der Waals surface area contributed by atoms with Gasteiger partial charge in [-0.2, -0.15) is 5.26 Å². The highest BCUT2D eigenvalue weighted by Crippen LogP contribution is 2.13. The molecule has 0 aromatic heterocycles. The number of nitriles is 1. The smallest absolute Gasteiger partial charge is 0.333 e. The van der Waals surface area contributed by atoms with Crippen LogP contribution in [0.25, 0.3) is 0 Å². The summed E-state index contributed by atoms with van der Waals surface area (Å²) in [5.41, 5.74) is 0. The molecule has 0 saturated carbocycles. The summed E-state index contributed by atoms with van der Waals surface area (Å²) in [5.74, 6) is -0.441. The van der Waals surface area contributed by atoms with Gasteiger partial charge in [0.2, 0.25) is 0 Å². The molecule has 0 aliphatic heterocycles. The van der Waals surface area contributed by atoms with E-state index in [0.717, 1.165) is 12.8 Å². The lowest BCUT2D eigenvalue weighted by Crippen LogP contribution is -2.07. The first kappa shape index (κ1) is 22.5. The minimum Gasteiger partial charge on any atom is -0.483 e. The van der Waals surface area contributed by atoms with Gasteiger partial charge in [-0.25, -0.2) is 4.79 Å². The third kappa shape index (κ3) is 15.4. The first-order chi connectivity index (χ1) is 11.7. The Balaban J connectivity index is 3.47. The van der Waals surface area contributed by atoms with Gasteiger partial charge in [0.1, 0.15) is 6.07 Å². The normalized spacial score (nSPS) is 12.0. The van der Waals surface area contributed by atoms with Crippen LogP contribution >= 0.6 is 0 Å². The monoisotopic (exact) mass is 337 g/mol. The van der Waals surface area contributed by atoms with Crippen molar-refractivity contribution in [3.8, 4) is 6.07 Å². The Morgan fingerprint density at radius 3 is 2.00 bits per heavy atom. The maximum absolute atomic E-state index is 11.1. The molecule has 0 spiro atoms. The second kappa shape index (κ2) is 17.8. The van der Waals surface area contributed by atoms with Gasteiger partial charge in [0.15, 0.2) is 6.10 Å². The molecule has 0 aromatic carbocycles. The van der Waals surface area contributed by atoms with E-state index in [2.05, 4.69) is 13.0 Å². The van der Waals surface area contributed by atoms with Gasteiger partial charge in [-0.15, -0.1) is 0 Å². The van der Waals surface area contributed by atoms with Gasteiger partial charge < -0.3 is 9.47 Å². The molecule has 0 N–H and O–H groups in total. The maximum Gasteiger partial charge on any atom is 0.333 e. The molecule has 1 unspecified atom stereocenters. The van der Waals surface area contributed by atoms with Crippen LogP contribution in [0.3, 0.4) is 0 Å². The molecule has 4 heteroatoms. The van der Waals surface area contributed by atoms with Gasteiger partial charge >= 0.3 is 5.97 Å². The van der Waals surface area contributed by atoms with Crippen molar-refractivity contribution >= 4 is 5.97 Å². The first-order valence-electron chi connectivity index (χ1n) is 9.63. The van der Waals surface area contributed by atoms with E-state index in [9.17, 15) is 4.79 Å². The van der Waals surface area contributed by atoms with Crippen LogP contribution in [0.15, 0.2) is 12.3 Å². The number of ether oxygens (including phenoxy) is 2. The Kier molecular flexibility index (Phi) is 16.7. The summed E-state index contributed by atoms with van der Waals surface area (Å²) in [6.07, 6.45) is 16.9. The molecule has 0 rings (SSSR count). The molecular formula is C20H35NO3. The summed E-state index contributed by atoms with van der Waals surface area (Å²) in [6, 6.07) is 2.12. The topological polar surface area (TPSA) is 59.3 Å². The molecule has 0 radical (unpaired) electrons. The predicted octanol–water partition coefficient (Wildman–Crippen LogP) is 5.67. The van der Waals surface area contributed by atoms with Gasteiger partial charge in [0, 0.05) is 0 Å². The number of carbonyl (C=O) groups excluding carboxylic acids is 1. The number of hydrogen-bond donors (Lipinski definition) is 0.